The fraction of sp³-hybridized carbons (Fsp3) is 0. The van der Waals surface area contributed by atoms with Gasteiger partial charge in [-0.3, -0.25) is 0 Å². The molecule has 0 bridgehead atoms. The van der Waals surface area contributed by atoms with Crippen molar-refractivity contribution in [2.24, 2.45) is 0 Å². The second-order valence-electron chi connectivity index (χ2n) is 16.2. The van der Waals surface area contributed by atoms with E-state index in [1.807, 2.05) is 0 Å². The maximum absolute atomic E-state index is 2.47. The molecule has 0 aliphatic carbocycles. The molecule has 0 aliphatic rings. The molecule has 0 amide bonds. The van der Waals surface area contributed by atoms with Crippen LogP contribution in [0.3, 0.4) is 0 Å². The smallest absolute Gasteiger partial charge is 0.0583 e. The molecule has 0 atom stereocenters. The summed E-state index contributed by atoms with van der Waals surface area (Å²) >= 11 is 0. The lowest BCUT2D eigenvalue weighted by molar-refractivity contribution is 1.17. The van der Waals surface area contributed by atoms with Crippen LogP contribution in [0.2, 0.25) is 0 Å². The predicted octanol–water partition coefficient (Wildman–Crippen LogP) is 16.5. The minimum Gasteiger partial charge on any atom is -0.310 e. The molecule has 0 saturated carbocycles. The Kier molecular flexibility index (Phi) is 9.12. The molecular weight excluding hydrogens is 777 g/mol. The van der Waals surface area contributed by atoms with Crippen LogP contribution in [0, 0.1) is 0 Å². The molecule has 4 heteroatoms. The maximum atomic E-state index is 2.47. The Balaban J connectivity index is 1.22. The number of benzene rings is 10. The summed E-state index contributed by atoms with van der Waals surface area (Å²) in [4.78, 5) is 4.89. The molecule has 64 heavy (non-hydrogen) atoms. The van der Waals surface area contributed by atoms with E-state index in [0.717, 1.165) is 73.2 Å². The van der Waals surface area contributed by atoms with Gasteiger partial charge in [0.15, 0.2) is 0 Å². The van der Waals surface area contributed by atoms with Gasteiger partial charge in [-0.15, -0.1) is 0 Å². The van der Waals surface area contributed by atoms with Gasteiger partial charge in [-0.25, -0.2) is 0 Å². The van der Waals surface area contributed by atoms with Gasteiger partial charge in [0, 0.05) is 55.5 Å². The summed E-state index contributed by atoms with van der Waals surface area (Å²) in [7, 11) is 0. The van der Waals surface area contributed by atoms with Gasteiger partial charge >= 0.3 is 0 Å². The Labute approximate surface area is 372 Å². The summed E-state index contributed by atoms with van der Waals surface area (Å²) in [6, 6.07) is 92.0. The van der Waals surface area contributed by atoms with Gasteiger partial charge in [0.2, 0.25) is 0 Å². The number of nitrogens with zero attached hydrogens (tertiary/aromatic N) is 4. The van der Waals surface area contributed by atoms with Gasteiger partial charge in [0.1, 0.15) is 0 Å². The molecule has 0 saturated heterocycles. The molecule has 4 nitrogen and oxygen atoms in total. The van der Waals surface area contributed by atoms with E-state index in [1.165, 1.54) is 27.1 Å². The molecule has 0 fully saturated rings. The normalized spacial score (nSPS) is 11.4. The predicted molar refractivity (Wildman–Crippen MR) is 270 cm³/mol. The quantitative estimate of drug-likeness (QED) is 0.144. The molecular formula is C60H42N4. The van der Waals surface area contributed by atoms with Crippen molar-refractivity contribution in [3.8, 4) is 22.5 Å². The van der Waals surface area contributed by atoms with E-state index in [0.29, 0.717) is 0 Å². The zero-order valence-electron chi connectivity index (χ0n) is 35.0. The Morgan fingerprint density at radius 2 is 0.734 bits per heavy atom. The van der Waals surface area contributed by atoms with Gasteiger partial charge in [-0.05, 0) is 103 Å². The highest BCUT2D eigenvalue weighted by Gasteiger charge is 2.26. The van der Waals surface area contributed by atoms with E-state index in [1.54, 1.807) is 0 Å². The third-order valence-corrected chi connectivity index (χ3v) is 12.4. The van der Waals surface area contributed by atoms with Crippen molar-refractivity contribution in [3.05, 3.63) is 255 Å². The van der Waals surface area contributed by atoms with Crippen LogP contribution in [-0.2, 0) is 0 Å². The molecule has 12 aromatic rings. The first kappa shape index (κ1) is 37.2. The summed E-state index contributed by atoms with van der Waals surface area (Å²) in [6.45, 7) is 0. The lowest BCUT2D eigenvalue weighted by atomic mass is 10.0. The zero-order valence-corrected chi connectivity index (χ0v) is 35.0. The third-order valence-electron chi connectivity index (χ3n) is 12.4. The number of rotatable bonds is 9. The first-order chi connectivity index (χ1) is 31.8. The highest BCUT2D eigenvalue weighted by atomic mass is 15.2. The van der Waals surface area contributed by atoms with Crippen molar-refractivity contribution in [1.82, 2.24) is 9.13 Å². The topological polar surface area (TPSA) is 16.3 Å². The van der Waals surface area contributed by atoms with Crippen molar-refractivity contribution < 1.29 is 0 Å². The molecule has 302 valence electrons. The Morgan fingerprint density at radius 3 is 1.38 bits per heavy atom. The fourth-order valence-corrected chi connectivity index (χ4v) is 9.71. The standard InChI is InChI=1S/C60H42N4/c1-6-22-43(23-7-1)50-32-16-19-35-54(50)62(48-38-39-57-53(40-48)51-33-17-20-36-55(51)63(57)46-28-12-4-13-29-46)49-41-58(61(44-24-8-2-9-25-44)45-26-10-3-11-27-45)60-52-34-18-21-37-56(52)64(59(60)42-49)47-30-14-5-15-31-47/h1-42H. The van der Waals surface area contributed by atoms with E-state index in [9.17, 15) is 0 Å². The number of aromatic nitrogens is 2. The molecule has 2 heterocycles. The summed E-state index contributed by atoms with van der Waals surface area (Å²) < 4.78 is 4.82. The van der Waals surface area contributed by atoms with Crippen LogP contribution in [0.5, 0.6) is 0 Å². The second kappa shape index (κ2) is 15.7. The fourth-order valence-electron chi connectivity index (χ4n) is 9.71. The molecule has 0 spiro atoms. The Morgan fingerprint density at radius 1 is 0.266 bits per heavy atom. The van der Waals surface area contributed by atoms with E-state index < -0.39 is 0 Å². The summed E-state index contributed by atoms with van der Waals surface area (Å²) in [6.07, 6.45) is 0. The van der Waals surface area contributed by atoms with Crippen molar-refractivity contribution in [1.29, 1.82) is 0 Å². The summed E-state index contributed by atoms with van der Waals surface area (Å²) in [5.41, 5.74) is 15.6. The van der Waals surface area contributed by atoms with Gasteiger partial charge < -0.3 is 18.9 Å². The minimum absolute atomic E-state index is 1.04. The minimum atomic E-state index is 1.04. The average molecular weight is 819 g/mol. The lowest BCUT2D eigenvalue weighted by Crippen LogP contribution is -2.14. The molecule has 0 unspecified atom stereocenters. The van der Waals surface area contributed by atoms with Crippen LogP contribution in [0.4, 0.5) is 34.1 Å². The third kappa shape index (κ3) is 6.23. The monoisotopic (exact) mass is 818 g/mol. The molecule has 2 aromatic heterocycles. The van der Waals surface area contributed by atoms with E-state index in [2.05, 4.69) is 274 Å². The van der Waals surface area contributed by atoms with Crippen LogP contribution >= 0.6 is 0 Å². The number of hydrogen-bond acceptors (Lipinski definition) is 2. The lowest BCUT2D eigenvalue weighted by Gasteiger charge is -2.31. The molecule has 12 rings (SSSR count). The molecule has 0 radical (unpaired) electrons. The zero-order chi connectivity index (χ0) is 42.4. The number of hydrogen-bond donors (Lipinski definition) is 0. The highest BCUT2D eigenvalue weighted by molar-refractivity contribution is 6.18. The Bertz CT molecular complexity index is 3560. The summed E-state index contributed by atoms with van der Waals surface area (Å²) in [5, 5.41) is 4.76. The van der Waals surface area contributed by atoms with Gasteiger partial charge in [0.05, 0.1) is 39.1 Å². The maximum Gasteiger partial charge on any atom is 0.0583 e. The number of para-hydroxylation sites is 7. The van der Waals surface area contributed by atoms with E-state index in [-0.39, 0.29) is 0 Å². The van der Waals surface area contributed by atoms with Crippen LogP contribution in [0.1, 0.15) is 0 Å². The van der Waals surface area contributed by atoms with Crippen LogP contribution < -0.4 is 9.80 Å². The first-order valence-electron chi connectivity index (χ1n) is 21.9. The number of anilines is 6. The van der Waals surface area contributed by atoms with Crippen LogP contribution in [0.25, 0.3) is 66.1 Å². The number of fused-ring (bicyclic) bond motifs is 6. The first-order valence-corrected chi connectivity index (χ1v) is 21.9. The molecule has 0 aliphatic heterocycles. The van der Waals surface area contributed by atoms with Crippen LogP contribution in [0.15, 0.2) is 255 Å². The van der Waals surface area contributed by atoms with Gasteiger partial charge in [0.25, 0.3) is 0 Å². The van der Waals surface area contributed by atoms with Crippen LogP contribution in [-0.4, -0.2) is 9.13 Å². The van der Waals surface area contributed by atoms with Gasteiger partial charge in [-0.1, -0.05) is 158 Å². The van der Waals surface area contributed by atoms with E-state index >= 15 is 0 Å². The van der Waals surface area contributed by atoms with Crippen molar-refractivity contribution in [3.63, 3.8) is 0 Å². The second-order valence-corrected chi connectivity index (χ2v) is 16.2. The van der Waals surface area contributed by atoms with E-state index in [4.69, 9.17) is 0 Å². The highest BCUT2D eigenvalue weighted by Crippen LogP contribution is 2.50. The van der Waals surface area contributed by atoms with Crippen molar-refractivity contribution in [2.75, 3.05) is 9.80 Å². The average Bonchev–Trinajstić information content (AvgIpc) is 3.88. The van der Waals surface area contributed by atoms with Gasteiger partial charge in [-0.2, -0.15) is 0 Å². The SMILES string of the molecule is c1ccc(-c2ccccc2N(c2ccc3c(c2)c2ccccc2n3-c2ccccc2)c2cc(N(c3ccccc3)c3ccccc3)c3c4ccccc4n(-c4ccccc4)c3c2)cc1. The Hall–Kier alpha value is -8.60. The molecule has 10 aromatic carbocycles. The van der Waals surface area contributed by atoms with Crippen molar-refractivity contribution in [2.45, 2.75) is 0 Å². The largest absolute Gasteiger partial charge is 0.310 e. The van der Waals surface area contributed by atoms with Crippen molar-refractivity contribution >= 4 is 77.7 Å². The summed E-state index contributed by atoms with van der Waals surface area (Å²) in [5.74, 6) is 0. The molecule has 0 N–H and O–H groups in total.